The molecule has 0 heterocycles. The highest BCUT2D eigenvalue weighted by Crippen LogP contribution is 2.36. The largest absolute Gasteiger partial charge is 0.481 e. The quantitative estimate of drug-likeness (QED) is 0.380. The predicted octanol–water partition coefficient (Wildman–Crippen LogP) is 1.09. The van der Waals surface area contributed by atoms with Crippen molar-refractivity contribution >= 4 is 11.9 Å². The maximum absolute atomic E-state index is 11.2. The minimum Gasteiger partial charge on any atom is -0.481 e. The van der Waals surface area contributed by atoms with Crippen molar-refractivity contribution in [2.24, 2.45) is 23.7 Å². The molecule has 0 amide bonds. The molecule has 0 saturated heterocycles. The average Bonchev–Trinajstić information content (AvgIpc) is 2.22. The van der Waals surface area contributed by atoms with Crippen LogP contribution in [0, 0.1) is 23.7 Å². The lowest BCUT2D eigenvalue weighted by Gasteiger charge is -2.34. The molecule has 4 atom stereocenters. The van der Waals surface area contributed by atoms with E-state index < -0.39 is 29.7 Å². The highest BCUT2D eigenvalue weighted by molar-refractivity contribution is 5.74. The zero-order valence-electron chi connectivity index (χ0n) is 9.44. The van der Waals surface area contributed by atoms with E-state index in [0.717, 1.165) is 0 Å². The van der Waals surface area contributed by atoms with Crippen molar-refractivity contribution in [3.05, 3.63) is 12.2 Å². The molecule has 1 aliphatic carbocycles. The lowest BCUT2D eigenvalue weighted by atomic mass is 9.70. The fourth-order valence-corrected chi connectivity index (χ4v) is 2.33. The summed E-state index contributed by atoms with van der Waals surface area (Å²) in [5.74, 6) is -4.02. The molecule has 1 rings (SSSR count). The van der Waals surface area contributed by atoms with Gasteiger partial charge < -0.3 is 10.2 Å². The lowest BCUT2D eigenvalue weighted by molar-refractivity contribution is -0.257. The van der Waals surface area contributed by atoms with Crippen molar-refractivity contribution < 1.29 is 29.9 Å². The summed E-state index contributed by atoms with van der Waals surface area (Å²) in [5, 5.41) is 26.4. The van der Waals surface area contributed by atoms with Crippen LogP contribution >= 0.6 is 0 Å². The molecule has 0 aromatic rings. The SMILES string of the molecule is CC1C=CC(CC(=O)O)C(C(=O)O)C1COO. The van der Waals surface area contributed by atoms with Crippen molar-refractivity contribution in [3.8, 4) is 0 Å². The minimum absolute atomic E-state index is 0.0757. The first-order chi connectivity index (χ1) is 7.97. The van der Waals surface area contributed by atoms with Crippen LogP contribution in [-0.2, 0) is 14.5 Å². The maximum Gasteiger partial charge on any atom is 0.307 e. The summed E-state index contributed by atoms with van der Waals surface area (Å²) in [5.41, 5.74) is 0. The molecule has 3 N–H and O–H groups in total. The second-order valence-electron chi connectivity index (χ2n) is 4.33. The van der Waals surface area contributed by atoms with E-state index in [2.05, 4.69) is 4.89 Å². The fraction of sp³-hybridized carbons (Fsp3) is 0.636. The molecule has 96 valence electrons. The van der Waals surface area contributed by atoms with Gasteiger partial charge in [0.15, 0.2) is 0 Å². The topological polar surface area (TPSA) is 104 Å². The molecule has 6 heteroatoms. The van der Waals surface area contributed by atoms with Gasteiger partial charge in [0.25, 0.3) is 0 Å². The van der Waals surface area contributed by atoms with Crippen LogP contribution in [0.2, 0.25) is 0 Å². The van der Waals surface area contributed by atoms with E-state index in [0.29, 0.717) is 0 Å². The molecule has 0 spiro atoms. The summed E-state index contributed by atoms with van der Waals surface area (Å²) < 4.78 is 0. The third kappa shape index (κ3) is 3.28. The Bertz CT molecular complexity index is 324. The van der Waals surface area contributed by atoms with Crippen LogP contribution in [0.15, 0.2) is 12.2 Å². The van der Waals surface area contributed by atoms with Gasteiger partial charge in [0.1, 0.15) is 0 Å². The van der Waals surface area contributed by atoms with Crippen LogP contribution in [0.4, 0.5) is 0 Å². The molecule has 0 bridgehead atoms. The van der Waals surface area contributed by atoms with Crippen LogP contribution < -0.4 is 0 Å². The first kappa shape index (κ1) is 13.7. The number of carboxylic acids is 2. The summed E-state index contributed by atoms with van der Waals surface area (Å²) in [6, 6.07) is 0. The standard InChI is InChI=1S/C11H16O6/c1-6-2-3-7(4-9(12)13)10(11(14)15)8(6)5-17-16/h2-3,6-8,10,16H,4-5H2,1H3,(H,12,13)(H,14,15). The average molecular weight is 244 g/mol. The summed E-state index contributed by atoms with van der Waals surface area (Å²) in [4.78, 5) is 25.9. The van der Waals surface area contributed by atoms with Crippen LogP contribution in [0.25, 0.3) is 0 Å². The summed E-state index contributed by atoms with van der Waals surface area (Å²) in [6.45, 7) is 1.70. The molecular weight excluding hydrogens is 228 g/mol. The van der Waals surface area contributed by atoms with E-state index in [4.69, 9.17) is 10.4 Å². The molecule has 0 aromatic carbocycles. The van der Waals surface area contributed by atoms with Crippen LogP contribution in [0.1, 0.15) is 13.3 Å². The van der Waals surface area contributed by atoms with Gasteiger partial charge in [-0.3, -0.25) is 14.8 Å². The molecule has 1 aliphatic rings. The van der Waals surface area contributed by atoms with Crippen molar-refractivity contribution in [3.63, 3.8) is 0 Å². The zero-order chi connectivity index (χ0) is 13.0. The van der Waals surface area contributed by atoms with E-state index in [1.165, 1.54) is 0 Å². The van der Waals surface area contributed by atoms with Crippen LogP contribution in [-0.4, -0.2) is 34.0 Å². The van der Waals surface area contributed by atoms with Crippen molar-refractivity contribution in [1.82, 2.24) is 0 Å². The van der Waals surface area contributed by atoms with Gasteiger partial charge in [0, 0.05) is 11.8 Å². The van der Waals surface area contributed by atoms with Crippen molar-refractivity contribution in [2.75, 3.05) is 6.61 Å². The van der Waals surface area contributed by atoms with Gasteiger partial charge in [-0.05, 0) is 5.92 Å². The molecule has 0 aromatic heterocycles. The van der Waals surface area contributed by atoms with Gasteiger partial charge in [-0.2, -0.15) is 0 Å². The first-order valence-corrected chi connectivity index (χ1v) is 5.36. The maximum atomic E-state index is 11.2. The van der Waals surface area contributed by atoms with Gasteiger partial charge >= 0.3 is 11.9 Å². The zero-order valence-corrected chi connectivity index (χ0v) is 9.44. The van der Waals surface area contributed by atoms with Crippen LogP contribution in [0.5, 0.6) is 0 Å². The monoisotopic (exact) mass is 244 g/mol. The Kier molecular flexibility index (Phi) is 4.65. The van der Waals surface area contributed by atoms with Crippen molar-refractivity contribution in [1.29, 1.82) is 0 Å². The smallest absolute Gasteiger partial charge is 0.307 e. The number of carbonyl (C=O) groups is 2. The number of hydrogen-bond donors (Lipinski definition) is 3. The predicted molar refractivity (Wildman–Crippen MR) is 57.2 cm³/mol. The number of allylic oxidation sites excluding steroid dienone is 2. The van der Waals surface area contributed by atoms with Gasteiger partial charge in [0.2, 0.25) is 0 Å². The second-order valence-corrected chi connectivity index (χ2v) is 4.33. The number of hydrogen-bond acceptors (Lipinski definition) is 4. The molecule has 0 aliphatic heterocycles. The van der Waals surface area contributed by atoms with Crippen LogP contribution in [0.3, 0.4) is 0 Å². The Morgan fingerprint density at radius 2 is 1.94 bits per heavy atom. The summed E-state index contributed by atoms with van der Waals surface area (Å²) >= 11 is 0. The lowest BCUT2D eigenvalue weighted by Crippen LogP contribution is -2.39. The molecule has 0 fully saturated rings. The molecule has 0 radical (unpaired) electrons. The highest BCUT2D eigenvalue weighted by Gasteiger charge is 2.40. The Morgan fingerprint density at radius 3 is 2.41 bits per heavy atom. The van der Waals surface area contributed by atoms with E-state index in [1.807, 2.05) is 6.92 Å². The molecule has 17 heavy (non-hydrogen) atoms. The normalized spacial score (nSPS) is 32.4. The number of carboxylic acid groups (broad SMARTS) is 2. The molecule has 6 nitrogen and oxygen atoms in total. The third-order valence-electron chi connectivity index (χ3n) is 3.22. The van der Waals surface area contributed by atoms with E-state index in [9.17, 15) is 14.7 Å². The van der Waals surface area contributed by atoms with Gasteiger partial charge in [-0.15, -0.1) is 0 Å². The van der Waals surface area contributed by atoms with Crippen molar-refractivity contribution in [2.45, 2.75) is 13.3 Å². The van der Waals surface area contributed by atoms with Gasteiger partial charge in [-0.1, -0.05) is 19.1 Å². The minimum atomic E-state index is -1.06. The van der Waals surface area contributed by atoms with Gasteiger partial charge in [0.05, 0.1) is 18.9 Å². The number of rotatable bonds is 5. The second kappa shape index (κ2) is 5.79. The number of aliphatic carboxylic acids is 2. The molecular formula is C11H16O6. The Balaban J connectivity index is 2.93. The Morgan fingerprint density at radius 1 is 1.29 bits per heavy atom. The summed E-state index contributed by atoms with van der Waals surface area (Å²) in [6.07, 6.45) is 3.17. The van der Waals surface area contributed by atoms with E-state index >= 15 is 0 Å². The Hall–Kier alpha value is -1.40. The van der Waals surface area contributed by atoms with E-state index in [1.54, 1.807) is 12.2 Å². The van der Waals surface area contributed by atoms with E-state index in [-0.39, 0.29) is 18.9 Å². The Labute approximate surface area is 98.4 Å². The molecule has 4 unspecified atom stereocenters. The molecule has 0 saturated carbocycles. The first-order valence-electron chi connectivity index (χ1n) is 5.36. The third-order valence-corrected chi connectivity index (χ3v) is 3.22. The highest BCUT2D eigenvalue weighted by atomic mass is 17.1. The summed E-state index contributed by atoms with van der Waals surface area (Å²) in [7, 11) is 0. The fourth-order valence-electron chi connectivity index (χ4n) is 2.33. The van der Waals surface area contributed by atoms with Gasteiger partial charge in [-0.25, -0.2) is 4.89 Å².